The van der Waals surface area contributed by atoms with Gasteiger partial charge in [0, 0.05) is 36.6 Å². The Bertz CT molecular complexity index is 1080. The Morgan fingerprint density at radius 3 is 2.76 bits per heavy atom. The quantitative estimate of drug-likeness (QED) is 0.514. The van der Waals surface area contributed by atoms with Gasteiger partial charge in [0.05, 0.1) is 22.2 Å². The highest BCUT2D eigenvalue weighted by Gasteiger charge is 2.51. The van der Waals surface area contributed by atoms with E-state index in [1.807, 2.05) is 18.2 Å². The molecular weight excluding hydrogens is 443 g/mol. The number of rotatable bonds is 7. The van der Waals surface area contributed by atoms with E-state index in [9.17, 15) is 14.3 Å². The van der Waals surface area contributed by atoms with Crippen LogP contribution in [0.2, 0.25) is 0 Å². The Morgan fingerprint density at radius 2 is 2.12 bits per heavy atom. The molecule has 3 aromatic rings. The molecule has 0 bridgehead atoms. The number of aliphatic hydroxyl groups excluding tert-OH is 1. The Balaban J connectivity index is 1.41. The molecule has 5 rings (SSSR count). The summed E-state index contributed by atoms with van der Waals surface area (Å²) < 4.78 is 13.8. The number of carbonyl (C=O) groups excluding carboxylic acids is 1. The van der Waals surface area contributed by atoms with Crippen molar-refractivity contribution in [2.24, 2.45) is 0 Å². The number of halogens is 1. The number of amides is 1. The summed E-state index contributed by atoms with van der Waals surface area (Å²) in [5.41, 5.74) is 1.55. The minimum Gasteiger partial charge on any atom is -0.390 e. The lowest BCUT2D eigenvalue weighted by Gasteiger charge is -2.47. The fourth-order valence-corrected chi connectivity index (χ4v) is 6.01. The molecule has 1 saturated carbocycles. The summed E-state index contributed by atoms with van der Waals surface area (Å²) in [6.45, 7) is 0.999. The lowest BCUT2D eigenvalue weighted by molar-refractivity contribution is -0.132. The number of alkyl halides is 1. The summed E-state index contributed by atoms with van der Waals surface area (Å²) in [4.78, 5) is 22.9. The molecule has 2 fully saturated rings. The molecule has 2 aliphatic rings. The van der Waals surface area contributed by atoms with Crippen LogP contribution in [-0.4, -0.2) is 61.9 Å². The number of carbonyl (C=O) groups is 1. The molecule has 1 amide bonds. The van der Waals surface area contributed by atoms with Gasteiger partial charge in [-0.25, -0.2) is 4.39 Å². The van der Waals surface area contributed by atoms with E-state index in [-0.39, 0.29) is 5.41 Å². The van der Waals surface area contributed by atoms with Crippen LogP contribution in [0.5, 0.6) is 0 Å². The number of hydrogen-bond acceptors (Lipinski definition) is 8. The van der Waals surface area contributed by atoms with Gasteiger partial charge in [-0.05, 0) is 49.9 Å². The number of piperidine rings is 1. The lowest BCUT2D eigenvalue weighted by Crippen LogP contribution is -2.57. The zero-order chi connectivity index (χ0) is 22.9. The summed E-state index contributed by atoms with van der Waals surface area (Å²) in [7, 11) is 0. The third-order valence-corrected chi connectivity index (χ3v) is 7.74. The largest absolute Gasteiger partial charge is 0.390 e. The molecule has 1 aliphatic heterocycles. The Labute approximate surface area is 194 Å². The number of aromatic nitrogens is 4. The summed E-state index contributed by atoms with van der Waals surface area (Å²) in [5, 5.41) is 23.1. The van der Waals surface area contributed by atoms with Crippen molar-refractivity contribution >= 4 is 23.6 Å². The van der Waals surface area contributed by atoms with Gasteiger partial charge in [0.2, 0.25) is 6.41 Å². The van der Waals surface area contributed by atoms with Crippen LogP contribution in [0, 0.1) is 0 Å². The van der Waals surface area contributed by atoms with E-state index in [2.05, 4.69) is 25.5 Å². The molecule has 10 heteroatoms. The van der Waals surface area contributed by atoms with E-state index < -0.39 is 17.8 Å². The second-order valence-corrected chi connectivity index (χ2v) is 9.63. The SMILES string of the molecule is O=CN1CCCC(O)C1(c1ccc(NCC2(c3ccccn3)CC(F)C2)nn1)c1cncs1. The Morgan fingerprint density at radius 1 is 1.24 bits per heavy atom. The third kappa shape index (κ3) is 3.67. The smallest absolute Gasteiger partial charge is 0.210 e. The molecular formula is C23H25FN6O2S. The van der Waals surface area contributed by atoms with Crippen LogP contribution in [0.25, 0.3) is 0 Å². The van der Waals surface area contributed by atoms with E-state index in [0.29, 0.717) is 50.3 Å². The molecule has 2 N–H and O–H groups in total. The predicted molar refractivity (Wildman–Crippen MR) is 121 cm³/mol. The van der Waals surface area contributed by atoms with Crippen molar-refractivity contribution in [3.63, 3.8) is 0 Å². The molecule has 0 aromatic carbocycles. The number of likely N-dealkylation sites (tertiary alicyclic amines) is 1. The minimum absolute atomic E-state index is 0.376. The second kappa shape index (κ2) is 8.75. The number of hydrogen-bond donors (Lipinski definition) is 2. The number of aliphatic hydroxyl groups is 1. The average Bonchev–Trinajstić information content (AvgIpc) is 3.37. The molecule has 3 aromatic heterocycles. The fourth-order valence-electron chi connectivity index (χ4n) is 5.12. The highest BCUT2D eigenvalue weighted by atomic mass is 32.1. The number of nitrogens with zero attached hydrogens (tertiary/aromatic N) is 5. The van der Waals surface area contributed by atoms with Gasteiger partial charge in [-0.3, -0.25) is 14.8 Å². The zero-order valence-electron chi connectivity index (χ0n) is 18.0. The average molecular weight is 469 g/mol. The van der Waals surface area contributed by atoms with E-state index >= 15 is 0 Å². The highest BCUT2D eigenvalue weighted by Crippen LogP contribution is 2.45. The lowest BCUT2D eigenvalue weighted by atomic mass is 9.65. The summed E-state index contributed by atoms with van der Waals surface area (Å²) in [6, 6.07) is 9.26. The van der Waals surface area contributed by atoms with Crippen LogP contribution in [0.3, 0.4) is 0 Å². The summed E-state index contributed by atoms with van der Waals surface area (Å²) in [5.74, 6) is 0.541. The standard InChI is InChI=1S/C23H25FN6O2S/c24-16-10-22(11-16,17-4-1-2-8-26-17)13-27-21-7-6-18(28-29-21)23(20-12-25-14-33-20)19(32)5-3-9-30(23)15-31/h1-2,4,6-8,12,14-16,19,32H,3,5,9-11,13H2,(H,27,29). The number of pyridine rings is 1. The first kappa shape index (κ1) is 21.8. The van der Waals surface area contributed by atoms with E-state index in [1.165, 1.54) is 11.3 Å². The van der Waals surface area contributed by atoms with Crippen molar-refractivity contribution in [2.75, 3.05) is 18.4 Å². The zero-order valence-corrected chi connectivity index (χ0v) is 18.8. The highest BCUT2D eigenvalue weighted by molar-refractivity contribution is 7.09. The number of thiazole rings is 1. The molecule has 8 nitrogen and oxygen atoms in total. The third-order valence-electron chi connectivity index (χ3n) is 6.84. The van der Waals surface area contributed by atoms with E-state index in [0.717, 1.165) is 17.0 Å². The van der Waals surface area contributed by atoms with Crippen molar-refractivity contribution in [1.82, 2.24) is 25.1 Å². The van der Waals surface area contributed by atoms with Gasteiger partial charge >= 0.3 is 0 Å². The van der Waals surface area contributed by atoms with Crippen molar-refractivity contribution in [3.05, 3.63) is 64.5 Å². The van der Waals surface area contributed by atoms with Gasteiger partial charge in [-0.1, -0.05) is 6.07 Å². The molecule has 1 saturated heterocycles. The molecule has 172 valence electrons. The van der Waals surface area contributed by atoms with Gasteiger partial charge in [0.1, 0.15) is 17.5 Å². The monoisotopic (exact) mass is 468 g/mol. The first-order valence-corrected chi connectivity index (χ1v) is 11.9. The Kier molecular flexibility index (Phi) is 5.79. The molecule has 2 atom stereocenters. The predicted octanol–water partition coefficient (Wildman–Crippen LogP) is 2.67. The van der Waals surface area contributed by atoms with Gasteiger partial charge in [-0.15, -0.1) is 16.4 Å². The molecule has 4 heterocycles. The van der Waals surface area contributed by atoms with Crippen molar-refractivity contribution in [1.29, 1.82) is 0 Å². The van der Waals surface area contributed by atoms with Crippen molar-refractivity contribution < 1.29 is 14.3 Å². The maximum Gasteiger partial charge on any atom is 0.210 e. The van der Waals surface area contributed by atoms with Gasteiger partial charge in [0.25, 0.3) is 0 Å². The van der Waals surface area contributed by atoms with E-state index in [4.69, 9.17) is 0 Å². The van der Waals surface area contributed by atoms with Crippen LogP contribution in [-0.2, 0) is 15.7 Å². The molecule has 33 heavy (non-hydrogen) atoms. The number of anilines is 1. The maximum absolute atomic E-state index is 13.8. The maximum atomic E-state index is 13.8. The van der Waals surface area contributed by atoms with E-state index in [1.54, 1.807) is 34.9 Å². The van der Waals surface area contributed by atoms with Crippen LogP contribution >= 0.6 is 11.3 Å². The Hall–Kier alpha value is -2.98. The molecule has 0 spiro atoms. The number of nitrogens with one attached hydrogen (secondary N) is 1. The first-order chi connectivity index (χ1) is 16.1. The van der Waals surface area contributed by atoms with Gasteiger partial charge in [-0.2, -0.15) is 5.10 Å². The van der Waals surface area contributed by atoms with Crippen LogP contribution < -0.4 is 5.32 Å². The first-order valence-electron chi connectivity index (χ1n) is 11.0. The summed E-state index contributed by atoms with van der Waals surface area (Å²) in [6.07, 6.45) is 4.58. The van der Waals surface area contributed by atoms with Gasteiger partial charge < -0.3 is 15.3 Å². The van der Waals surface area contributed by atoms with Crippen LogP contribution in [0.1, 0.15) is 41.9 Å². The van der Waals surface area contributed by atoms with Crippen molar-refractivity contribution in [3.8, 4) is 0 Å². The van der Waals surface area contributed by atoms with Crippen molar-refractivity contribution in [2.45, 2.75) is 48.9 Å². The van der Waals surface area contributed by atoms with Crippen LogP contribution in [0.4, 0.5) is 10.2 Å². The summed E-state index contributed by atoms with van der Waals surface area (Å²) >= 11 is 1.37. The van der Waals surface area contributed by atoms with Gasteiger partial charge in [0.15, 0.2) is 0 Å². The molecule has 1 aliphatic carbocycles. The molecule has 2 unspecified atom stereocenters. The second-order valence-electron chi connectivity index (χ2n) is 8.75. The molecule has 0 radical (unpaired) electrons. The minimum atomic E-state index is -1.11. The topological polar surface area (TPSA) is 104 Å². The fraction of sp³-hybridized carbons (Fsp3) is 0.435. The normalized spacial score (nSPS) is 29.3. The van der Waals surface area contributed by atoms with Crippen LogP contribution in [0.15, 0.2) is 48.2 Å².